The number of rotatable bonds is 6. The summed E-state index contributed by atoms with van der Waals surface area (Å²) in [5, 5.41) is 0. The number of nitrogens with zero attached hydrogens (tertiary/aromatic N) is 1. The van der Waals surface area contributed by atoms with E-state index in [4.69, 9.17) is 9.47 Å². The van der Waals surface area contributed by atoms with Crippen molar-refractivity contribution in [3.05, 3.63) is 12.2 Å². The highest BCUT2D eigenvalue weighted by Crippen LogP contribution is 2.01. The zero-order valence-electron chi connectivity index (χ0n) is 8.28. The molecule has 0 saturated carbocycles. The molecule has 0 aromatic carbocycles. The van der Waals surface area contributed by atoms with Crippen LogP contribution in [-0.2, 0) is 19.1 Å². The van der Waals surface area contributed by atoms with Gasteiger partial charge in [-0.15, -0.1) is 0 Å². The smallest absolute Gasteiger partial charge is 0.335 e. The van der Waals surface area contributed by atoms with Gasteiger partial charge in [-0.2, -0.15) is 4.99 Å². The number of aliphatic imine (C=N–C) groups is 1. The Morgan fingerprint density at radius 2 is 2.29 bits per heavy atom. The van der Waals surface area contributed by atoms with E-state index < -0.39 is 12.3 Å². The van der Waals surface area contributed by atoms with Gasteiger partial charge in [-0.05, 0) is 13.8 Å². The minimum atomic E-state index is -0.842. The average molecular weight is 199 g/mol. The molecule has 0 heterocycles. The maximum absolute atomic E-state index is 11.0. The van der Waals surface area contributed by atoms with Crippen LogP contribution in [0.5, 0.6) is 0 Å². The Morgan fingerprint density at radius 1 is 1.64 bits per heavy atom. The quantitative estimate of drug-likeness (QED) is 0.209. The summed E-state index contributed by atoms with van der Waals surface area (Å²) in [5.74, 6) is -0.565. The SMILES string of the molecule is C=C(C)C(=O)OC(CN=C=O)OCC. The third kappa shape index (κ3) is 5.24. The lowest BCUT2D eigenvalue weighted by atomic mass is 10.4. The molecule has 0 amide bonds. The lowest BCUT2D eigenvalue weighted by Crippen LogP contribution is -2.24. The molecule has 0 rings (SSSR count). The van der Waals surface area contributed by atoms with Crippen molar-refractivity contribution in [3.63, 3.8) is 0 Å². The van der Waals surface area contributed by atoms with Gasteiger partial charge in [0.2, 0.25) is 12.4 Å². The van der Waals surface area contributed by atoms with Gasteiger partial charge in [0, 0.05) is 12.2 Å². The molecule has 0 spiro atoms. The van der Waals surface area contributed by atoms with Gasteiger partial charge in [-0.25, -0.2) is 9.59 Å². The summed E-state index contributed by atoms with van der Waals surface area (Å²) in [7, 11) is 0. The Labute approximate surface area is 82.4 Å². The van der Waals surface area contributed by atoms with Gasteiger partial charge in [-0.3, -0.25) is 0 Å². The first-order chi connectivity index (χ1) is 6.61. The molecule has 78 valence electrons. The number of hydrogen-bond acceptors (Lipinski definition) is 5. The normalized spacial score (nSPS) is 11.3. The molecule has 1 unspecified atom stereocenters. The number of ether oxygens (including phenoxy) is 2. The molecule has 0 aliphatic carbocycles. The van der Waals surface area contributed by atoms with Crippen molar-refractivity contribution in [3.8, 4) is 0 Å². The van der Waals surface area contributed by atoms with Gasteiger partial charge in [0.15, 0.2) is 0 Å². The van der Waals surface area contributed by atoms with Gasteiger partial charge in [0.1, 0.15) is 6.54 Å². The van der Waals surface area contributed by atoms with E-state index in [0.717, 1.165) is 0 Å². The second-order valence-corrected chi connectivity index (χ2v) is 2.50. The first kappa shape index (κ1) is 12.6. The van der Waals surface area contributed by atoms with Crippen LogP contribution in [0, 0.1) is 0 Å². The second kappa shape index (κ2) is 7.00. The fraction of sp³-hybridized carbons (Fsp3) is 0.556. The van der Waals surface area contributed by atoms with E-state index in [0.29, 0.717) is 6.61 Å². The molecule has 5 nitrogen and oxygen atoms in total. The first-order valence-corrected chi connectivity index (χ1v) is 4.13. The number of esters is 1. The van der Waals surface area contributed by atoms with Crippen molar-refractivity contribution in [1.82, 2.24) is 0 Å². The van der Waals surface area contributed by atoms with Crippen LogP contribution in [0.3, 0.4) is 0 Å². The van der Waals surface area contributed by atoms with Crippen molar-refractivity contribution in [2.45, 2.75) is 20.1 Å². The van der Waals surface area contributed by atoms with E-state index >= 15 is 0 Å². The van der Waals surface area contributed by atoms with Crippen LogP contribution in [0.15, 0.2) is 17.1 Å². The standard InChI is InChI=1S/C9H13NO4/c1-4-13-8(5-10-6-11)14-9(12)7(2)3/h8H,2,4-5H2,1,3H3. The first-order valence-electron chi connectivity index (χ1n) is 4.13. The molecular weight excluding hydrogens is 186 g/mol. The Bertz CT molecular complexity index is 256. The predicted molar refractivity (Wildman–Crippen MR) is 49.3 cm³/mol. The zero-order chi connectivity index (χ0) is 11.0. The molecule has 0 bridgehead atoms. The Balaban J connectivity index is 4.13. The predicted octanol–water partition coefficient (Wildman–Crippen LogP) is 0.804. The van der Waals surface area contributed by atoms with Crippen LogP contribution < -0.4 is 0 Å². The minimum absolute atomic E-state index is 0.0453. The summed E-state index contributed by atoms with van der Waals surface area (Å²) in [5.41, 5.74) is 0.268. The molecule has 0 fully saturated rings. The van der Waals surface area contributed by atoms with Crippen LogP contribution in [0.25, 0.3) is 0 Å². The number of carbonyl (C=O) groups is 1. The average Bonchev–Trinajstić information content (AvgIpc) is 2.14. The molecule has 5 heteroatoms. The largest absolute Gasteiger partial charge is 0.430 e. The zero-order valence-corrected chi connectivity index (χ0v) is 8.28. The van der Waals surface area contributed by atoms with Crippen molar-refractivity contribution in [2.75, 3.05) is 13.2 Å². The van der Waals surface area contributed by atoms with Crippen LogP contribution in [0.1, 0.15) is 13.8 Å². The van der Waals surface area contributed by atoms with Crippen LogP contribution in [0.4, 0.5) is 0 Å². The highest BCUT2D eigenvalue weighted by molar-refractivity contribution is 5.87. The van der Waals surface area contributed by atoms with Crippen molar-refractivity contribution in [1.29, 1.82) is 0 Å². The van der Waals surface area contributed by atoms with E-state index in [1.165, 1.54) is 13.0 Å². The Morgan fingerprint density at radius 3 is 2.71 bits per heavy atom. The fourth-order valence-corrected chi connectivity index (χ4v) is 0.642. The van der Waals surface area contributed by atoms with E-state index in [1.807, 2.05) is 0 Å². The molecule has 0 aromatic heterocycles. The molecule has 0 aliphatic rings. The van der Waals surface area contributed by atoms with Crippen molar-refractivity contribution in [2.24, 2.45) is 4.99 Å². The minimum Gasteiger partial charge on any atom is -0.430 e. The van der Waals surface area contributed by atoms with Gasteiger partial charge in [0.05, 0.1) is 0 Å². The van der Waals surface area contributed by atoms with E-state index in [-0.39, 0.29) is 12.1 Å². The highest BCUT2D eigenvalue weighted by atomic mass is 16.7. The topological polar surface area (TPSA) is 65.0 Å². The maximum Gasteiger partial charge on any atom is 0.335 e. The van der Waals surface area contributed by atoms with E-state index in [1.54, 1.807) is 6.92 Å². The third-order valence-corrected chi connectivity index (χ3v) is 1.24. The van der Waals surface area contributed by atoms with Crippen molar-refractivity contribution < 1.29 is 19.1 Å². The Kier molecular flexibility index (Phi) is 6.28. The number of hydrogen-bond donors (Lipinski definition) is 0. The summed E-state index contributed by atoms with van der Waals surface area (Å²) in [6.07, 6.45) is 0.498. The summed E-state index contributed by atoms with van der Waals surface area (Å²) < 4.78 is 9.83. The van der Waals surface area contributed by atoms with Crippen LogP contribution in [-0.4, -0.2) is 31.5 Å². The molecule has 0 N–H and O–H groups in total. The van der Waals surface area contributed by atoms with Gasteiger partial charge >= 0.3 is 5.97 Å². The molecule has 1 atom stereocenters. The monoisotopic (exact) mass is 199 g/mol. The molecule has 14 heavy (non-hydrogen) atoms. The number of isocyanates is 1. The second-order valence-electron chi connectivity index (χ2n) is 2.50. The van der Waals surface area contributed by atoms with E-state index in [9.17, 15) is 9.59 Å². The third-order valence-electron chi connectivity index (χ3n) is 1.24. The molecular formula is C9H13NO4. The van der Waals surface area contributed by atoms with Crippen LogP contribution in [0.2, 0.25) is 0 Å². The number of carbonyl (C=O) groups excluding carboxylic acids is 2. The van der Waals surface area contributed by atoms with E-state index in [2.05, 4.69) is 11.6 Å². The lowest BCUT2D eigenvalue weighted by Gasteiger charge is -2.14. The summed E-state index contributed by atoms with van der Waals surface area (Å²) in [6, 6.07) is 0. The molecule has 0 saturated heterocycles. The fourth-order valence-electron chi connectivity index (χ4n) is 0.642. The molecule has 0 aliphatic heterocycles. The van der Waals surface area contributed by atoms with Crippen molar-refractivity contribution >= 4 is 12.0 Å². The Hall–Kier alpha value is -1.45. The lowest BCUT2D eigenvalue weighted by molar-refractivity contribution is -0.170. The van der Waals surface area contributed by atoms with Gasteiger partial charge in [-0.1, -0.05) is 6.58 Å². The summed E-state index contributed by atoms with van der Waals surface area (Å²) in [6.45, 7) is 6.99. The van der Waals surface area contributed by atoms with Gasteiger partial charge < -0.3 is 9.47 Å². The molecule has 0 aromatic rings. The molecule has 0 radical (unpaired) electrons. The maximum atomic E-state index is 11.0. The highest BCUT2D eigenvalue weighted by Gasteiger charge is 2.13. The summed E-state index contributed by atoms with van der Waals surface area (Å²) in [4.78, 5) is 24.1. The van der Waals surface area contributed by atoms with Gasteiger partial charge in [0.25, 0.3) is 0 Å². The summed E-state index contributed by atoms with van der Waals surface area (Å²) >= 11 is 0. The van der Waals surface area contributed by atoms with Crippen LogP contribution >= 0.6 is 0 Å².